The maximum atomic E-state index is 12.3. The quantitative estimate of drug-likeness (QED) is 0.516. The second-order valence-corrected chi connectivity index (χ2v) is 8.98. The van der Waals surface area contributed by atoms with Crippen LogP contribution in [0.2, 0.25) is 5.02 Å². The Balaban J connectivity index is 1.18. The highest BCUT2D eigenvalue weighted by Crippen LogP contribution is 2.19. The zero-order chi connectivity index (χ0) is 23.0. The Morgan fingerprint density at radius 1 is 1.09 bits per heavy atom. The molecule has 1 N–H and O–H groups in total. The molecular weight excluding hydrogens is 438 g/mol. The minimum absolute atomic E-state index is 0.0249. The van der Waals surface area contributed by atoms with Crippen LogP contribution in [-0.2, 0) is 24.3 Å². The van der Waals surface area contributed by atoms with Gasteiger partial charge in [0.2, 0.25) is 17.6 Å². The number of nitrogens with one attached hydrogen (secondary N) is 1. The summed E-state index contributed by atoms with van der Waals surface area (Å²) >= 11 is 5.91. The summed E-state index contributed by atoms with van der Waals surface area (Å²) in [6.45, 7) is 5.91. The number of carbonyl (C=O) groups is 1. The molecular formula is C25H30ClN5O2. The third-order valence-corrected chi connectivity index (χ3v) is 6.10. The van der Waals surface area contributed by atoms with Gasteiger partial charge in [-0.15, -0.1) is 0 Å². The summed E-state index contributed by atoms with van der Waals surface area (Å²) in [5.41, 5.74) is 3.26. The number of carbonyl (C=O) groups excluding carboxylic acids is 1. The number of nitrogens with zero attached hydrogens (tertiary/aromatic N) is 4. The zero-order valence-corrected chi connectivity index (χ0v) is 19.7. The third-order valence-electron chi connectivity index (χ3n) is 5.85. The maximum absolute atomic E-state index is 12.3. The fourth-order valence-corrected chi connectivity index (χ4v) is 3.99. The molecule has 2 heterocycles. The van der Waals surface area contributed by atoms with Gasteiger partial charge in [0, 0.05) is 62.7 Å². The monoisotopic (exact) mass is 467 g/mol. The van der Waals surface area contributed by atoms with Crippen molar-refractivity contribution in [2.45, 2.75) is 32.4 Å². The Kier molecular flexibility index (Phi) is 8.10. The van der Waals surface area contributed by atoms with E-state index in [0.717, 1.165) is 43.9 Å². The summed E-state index contributed by atoms with van der Waals surface area (Å²) in [4.78, 5) is 21.5. The van der Waals surface area contributed by atoms with Crippen LogP contribution in [0, 0.1) is 0 Å². The second-order valence-electron chi connectivity index (χ2n) is 8.55. The molecule has 0 saturated carbocycles. The van der Waals surface area contributed by atoms with Crippen molar-refractivity contribution in [2.75, 3.05) is 33.2 Å². The number of benzene rings is 2. The second kappa shape index (κ2) is 11.4. The van der Waals surface area contributed by atoms with Gasteiger partial charge in [-0.3, -0.25) is 9.69 Å². The number of rotatable bonds is 9. The van der Waals surface area contributed by atoms with E-state index in [0.29, 0.717) is 42.5 Å². The molecule has 2 aromatic carbocycles. The molecule has 4 rings (SSSR count). The number of hydrogen-bond donors (Lipinski definition) is 1. The lowest BCUT2D eigenvalue weighted by Gasteiger charge is -2.32. The van der Waals surface area contributed by atoms with Crippen LogP contribution in [0.15, 0.2) is 53.1 Å². The van der Waals surface area contributed by atoms with Crippen LogP contribution in [0.25, 0.3) is 11.4 Å². The van der Waals surface area contributed by atoms with Gasteiger partial charge in [-0.25, -0.2) is 0 Å². The van der Waals surface area contributed by atoms with Gasteiger partial charge < -0.3 is 14.7 Å². The predicted molar refractivity (Wildman–Crippen MR) is 129 cm³/mol. The lowest BCUT2D eigenvalue weighted by Crippen LogP contribution is -2.43. The zero-order valence-electron chi connectivity index (χ0n) is 19.0. The topological polar surface area (TPSA) is 74.5 Å². The van der Waals surface area contributed by atoms with Gasteiger partial charge in [0.25, 0.3) is 0 Å². The molecule has 1 aromatic heterocycles. The van der Waals surface area contributed by atoms with E-state index in [2.05, 4.69) is 56.6 Å². The fourth-order valence-electron chi connectivity index (χ4n) is 3.86. The van der Waals surface area contributed by atoms with Crippen molar-refractivity contribution < 1.29 is 9.32 Å². The molecule has 33 heavy (non-hydrogen) atoms. The highest BCUT2D eigenvalue weighted by molar-refractivity contribution is 6.30. The Morgan fingerprint density at radius 3 is 2.64 bits per heavy atom. The number of halogens is 1. The Morgan fingerprint density at radius 2 is 1.85 bits per heavy atom. The number of aryl methyl sites for hydroxylation is 1. The van der Waals surface area contributed by atoms with Gasteiger partial charge in [0.15, 0.2) is 0 Å². The summed E-state index contributed by atoms with van der Waals surface area (Å²) in [7, 11) is 2.17. The van der Waals surface area contributed by atoms with E-state index in [1.165, 1.54) is 5.56 Å². The molecule has 1 saturated heterocycles. The van der Waals surface area contributed by atoms with E-state index in [9.17, 15) is 4.79 Å². The van der Waals surface area contributed by atoms with Gasteiger partial charge in [0.1, 0.15) is 0 Å². The van der Waals surface area contributed by atoms with E-state index >= 15 is 0 Å². The predicted octanol–water partition coefficient (Wildman–Crippen LogP) is 3.78. The molecule has 0 bridgehead atoms. The number of likely N-dealkylation sites (N-methyl/N-ethyl adjacent to an activating group) is 1. The van der Waals surface area contributed by atoms with Crippen molar-refractivity contribution in [3.05, 3.63) is 70.6 Å². The van der Waals surface area contributed by atoms with Crippen molar-refractivity contribution in [1.29, 1.82) is 0 Å². The minimum atomic E-state index is 0.0249. The third kappa shape index (κ3) is 7.12. The smallest absolute Gasteiger partial charge is 0.226 e. The molecule has 1 fully saturated rings. The van der Waals surface area contributed by atoms with E-state index in [-0.39, 0.29) is 5.91 Å². The van der Waals surface area contributed by atoms with Crippen molar-refractivity contribution >= 4 is 17.5 Å². The first-order valence-electron chi connectivity index (χ1n) is 11.4. The highest BCUT2D eigenvalue weighted by atomic mass is 35.5. The first-order chi connectivity index (χ1) is 16.0. The molecule has 1 aliphatic heterocycles. The van der Waals surface area contributed by atoms with E-state index in [1.807, 2.05) is 12.1 Å². The van der Waals surface area contributed by atoms with Crippen molar-refractivity contribution in [3.8, 4) is 11.4 Å². The molecule has 0 aliphatic carbocycles. The lowest BCUT2D eigenvalue weighted by molar-refractivity contribution is -0.121. The average molecular weight is 468 g/mol. The molecule has 0 radical (unpaired) electrons. The van der Waals surface area contributed by atoms with Crippen molar-refractivity contribution in [2.24, 2.45) is 0 Å². The summed E-state index contributed by atoms with van der Waals surface area (Å²) in [5.74, 6) is 1.09. The van der Waals surface area contributed by atoms with Crippen LogP contribution >= 0.6 is 11.6 Å². The Hall–Kier alpha value is -2.74. The maximum Gasteiger partial charge on any atom is 0.226 e. The molecule has 1 amide bonds. The largest absolute Gasteiger partial charge is 0.352 e. The normalized spacial score (nSPS) is 15.0. The Labute approximate surface area is 199 Å². The summed E-state index contributed by atoms with van der Waals surface area (Å²) in [5, 5.41) is 7.69. The molecule has 1 aliphatic rings. The highest BCUT2D eigenvalue weighted by Gasteiger charge is 2.14. The lowest BCUT2D eigenvalue weighted by atomic mass is 10.1. The fraction of sp³-hybridized carbons (Fsp3) is 0.400. The summed E-state index contributed by atoms with van der Waals surface area (Å²) in [6.07, 6.45) is 1.63. The molecule has 174 valence electrons. The Bertz CT molecular complexity index is 1040. The van der Waals surface area contributed by atoms with Crippen LogP contribution < -0.4 is 5.32 Å². The van der Waals surface area contributed by atoms with Crippen LogP contribution in [0.3, 0.4) is 0 Å². The molecule has 7 nitrogen and oxygen atoms in total. The number of hydrogen-bond acceptors (Lipinski definition) is 6. The average Bonchev–Trinajstić information content (AvgIpc) is 3.29. The number of piperazine rings is 1. The summed E-state index contributed by atoms with van der Waals surface area (Å²) < 4.78 is 5.31. The van der Waals surface area contributed by atoms with E-state index < -0.39 is 0 Å². The minimum Gasteiger partial charge on any atom is -0.352 e. The van der Waals surface area contributed by atoms with E-state index in [4.69, 9.17) is 16.1 Å². The van der Waals surface area contributed by atoms with Crippen molar-refractivity contribution in [1.82, 2.24) is 25.3 Å². The van der Waals surface area contributed by atoms with Gasteiger partial charge in [-0.1, -0.05) is 41.0 Å². The first kappa shape index (κ1) is 23.4. The SMILES string of the molecule is CN1CCN(Cc2cccc(CNC(=O)CCCc3nc(-c4ccc(Cl)cc4)no3)c2)CC1. The summed E-state index contributed by atoms with van der Waals surface area (Å²) in [6, 6.07) is 15.8. The van der Waals surface area contributed by atoms with Gasteiger partial charge in [-0.2, -0.15) is 4.98 Å². The van der Waals surface area contributed by atoms with Crippen LogP contribution in [0.1, 0.15) is 29.9 Å². The molecule has 8 heteroatoms. The standard InChI is InChI=1S/C25H30ClN5O2/c1-30-12-14-31(15-13-30)18-20-5-2-4-19(16-20)17-27-23(32)6-3-7-24-28-25(29-33-24)21-8-10-22(26)11-9-21/h2,4-5,8-11,16H,3,6-7,12-15,17-18H2,1H3,(H,27,32). The van der Waals surface area contributed by atoms with Crippen LogP contribution in [-0.4, -0.2) is 59.1 Å². The van der Waals surface area contributed by atoms with E-state index in [1.54, 1.807) is 12.1 Å². The molecule has 0 atom stereocenters. The molecule has 0 spiro atoms. The van der Waals surface area contributed by atoms with Crippen LogP contribution in [0.4, 0.5) is 0 Å². The van der Waals surface area contributed by atoms with Gasteiger partial charge in [-0.05, 0) is 48.9 Å². The van der Waals surface area contributed by atoms with Gasteiger partial charge >= 0.3 is 0 Å². The van der Waals surface area contributed by atoms with Crippen LogP contribution in [0.5, 0.6) is 0 Å². The first-order valence-corrected chi connectivity index (χ1v) is 11.8. The number of amides is 1. The van der Waals surface area contributed by atoms with Gasteiger partial charge in [0.05, 0.1) is 0 Å². The number of aromatic nitrogens is 2. The molecule has 3 aromatic rings. The van der Waals surface area contributed by atoms with Crippen molar-refractivity contribution in [3.63, 3.8) is 0 Å². The molecule has 0 unspecified atom stereocenters.